The molecular weight excluding hydrogens is 321 g/mol. The highest BCUT2D eigenvalue weighted by molar-refractivity contribution is 5.90. The summed E-state index contributed by atoms with van der Waals surface area (Å²) in [6, 6.07) is 9.98. The number of halogens is 1. The molecule has 1 aromatic carbocycles. The zero-order valence-electron chi connectivity index (χ0n) is 13.5. The number of nitrogens with zero attached hydrogens (tertiary/aromatic N) is 5. The van der Waals surface area contributed by atoms with E-state index in [0.29, 0.717) is 25.3 Å². The molecule has 0 aliphatic carbocycles. The molecule has 2 aromatic heterocycles. The third kappa shape index (κ3) is 3.13. The number of piperazine rings is 1. The van der Waals surface area contributed by atoms with Crippen molar-refractivity contribution in [2.24, 2.45) is 0 Å². The number of hydrogen-bond acceptors (Lipinski definition) is 5. The Morgan fingerprint density at radius 1 is 1.04 bits per heavy atom. The molecule has 1 amide bonds. The van der Waals surface area contributed by atoms with E-state index in [9.17, 15) is 9.18 Å². The van der Waals surface area contributed by atoms with Crippen molar-refractivity contribution in [2.75, 3.05) is 24.5 Å². The van der Waals surface area contributed by atoms with Crippen LogP contribution in [0.2, 0.25) is 0 Å². The number of rotatable bonds is 3. The molecule has 1 aliphatic rings. The van der Waals surface area contributed by atoms with Gasteiger partial charge in [0.1, 0.15) is 18.0 Å². The second kappa shape index (κ2) is 6.43. The Hall–Kier alpha value is -3.09. The van der Waals surface area contributed by atoms with Crippen LogP contribution in [0.3, 0.4) is 0 Å². The molecular formula is C18H16FN5O. The lowest BCUT2D eigenvalue weighted by Gasteiger charge is -2.35. The molecule has 1 aliphatic heterocycles. The van der Waals surface area contributed by atoms with Crippen molar-refractivity contribution in [2.45, 2.75) is 6.54 Å². The molecule has 4 rings (SSSR count). The molecule has 0 radical (unpaired) electrons. The standard InChI is InChI=1S/C18H16FN5O/c19-14-5-3-13(4-6-14)10-23-8-9-24(11-16(23)25)18-15-2-1-7-20-17(15)21-12-22-18/h1-7,12H,8-11H2. The van der Waals surface area contributed by atoms with Crippen LogP contribution in [0.1, 0.15) is 5.56 Å². The lowest BCUT2D eigenvalue weighted by Crippen LogP contribution is -2.50. The lowest BCUT2D eigenvalue weighted by atomic mass is 10.2. The minimum absolute atomic E-state index is 0.0197. The van der Waals surface area contributed by atoms with Gasteiger partial charge in [-0.3, -0.25) is 4.79 Å². The van der Waals surface area contributed by atoms with Crippen molar-refractivity contribution < 1.29 is 9.18 Å². The minimum Gasteiger partial charge on any atom is -0.345 e. The fourth-order valence-corrected chi connectivity index (χ4v) is 3.00. The van der Waals surface area contributed by atoms with Crippen LogP contribution >= 0.6 is 0 Å². The fraction of sp³-hybridized carbons (Fsp3) is 0.222. The van der Waals surface area contributed by atoms with E-state index in [1.54, 1.807) is 23.2 Å². The lowest BCUT2D eigenvalue weighted by molar-refractivity contribution is -0.131. The van der Waals surface area contributed by atoms with Crippen LogP contribution in [0.4, 0.5) is 10.2 Å². The van der Waals surface area contributed by atoms with Gasteiger partial charge >= 0.3 is 0 Å². The molecule has 126 valence electrons. The first-order valence-electron chi connectivity index (χ1n) is 8.03. The Morgan fingerprint density at radius 3 is 2.68 bits per heavy atom. The van der Waals surface area contributed by atoms with Crippen LogP contribution in [-0.2, 0) is 11.3 Å². The summed E-state index contributed by atoms with van der Waals surface area (Å²) in [5, 5.41) is 0.838. The third-order valence-corrected chi connectivity index (χ3v) is 4.29. The van der Waals surface area contributed by atoms with Crippen LogP contribution in [0, 0.1) is 5.82 Å². The maximum Gasteiger partial charge on any atom is 0.242 e. The first-order chi connectivity index (χ1) is 12.2. The number of aromatic nitrogens is 3. The summed E-state index contributed by atoms with van der Waals surface area (Å²) in [7, 11) is 0. The van der Waals surface area contributed by atoms with E-state index in [1.165, 1.54) is 18.5 Å². The largest absolute Gasteiger partial charge is 0.345 e. The van der Waals surface area contributed by atoms with Crippen molar-refractivity contribution in [1.82, 2.24) is 19.9 Å². The SMILES string of the molecule is O=C1CN(c2ncnc3ncccc23)CCN1Cc1ccc(F)cc1. The fourth-order valence-electron chi connectivity index (χ4n) is 3.00. The van der Waals surface area contributed by atoms with Gasteiger partial charge in [0, 0.05) is 25.8 Å². The van der Waals surface area contributed by atoms with Crippen molar-refractivity contribution in [3.63, 3.8) is 0 Å². The normalized spacial score (nSPS) is 15.0. The average Bonchev–Trinajstić information content (AvgIpc) is 2.65. The molecule has 0 atom stereocenters. The highest BCUT2D eigenvalue weighted by atomic mass is 19.1. The molecule has 3 heterocycles. The molecule has 25 heavy (non-hydrogen) atoms. The first kappa shape index (κ1) is 15.4. The van der Waals surface area contributed by atoms with E-state index in [0.717, 1.165) is 16.8 Å². The van der Waals surface area contributed by atoms with E-state index >= 15 is 0 Å². The molecule has 1 fully saturated rings. The highest BCUT2D eigenvalue weighted by Gasteiger charge is 2.26. The van der Waals surface area contributed by atoms with Crippen LogP contribution < -0.4 is 4.90 Å². The minimum atomic E-state index is -0.274. The van der Waals surface area contributed by atoms with Crippen LogP contribution in [-0.4, -0.2) is 45.4 Å². The molecule has 0 saturated carbocycles. The summed E-state index contributed by atoms with van der Waals surface area (Å²) in [6.07, 6.45) is 3.16. The number of carbonyl (C=O) groups excluding carboxylic acids is 1. The Balaban J connectivity index is 1.51. The Morgan fingerprint density at radius 2 is 1.88 bits per heavy atom. The molecule has 0 spiro atoms. The van der Waals surface area contributed by atoms with Crippen molar-refractivity contribution in [3.05, 3.63) is 60.3 Å². The predicted octanol–water partition coefficient (Wildman–Crippen LogP) is 2.01. The molecule has 0 bridgehead atoms. The summed E-state index contributed by atoms with van der Waals surface area (Å²) < 4.78 is 13.0. The molecule has 7 heteroatoms. The zero-order valence-corrected chi connectivity index (χ0v) is 13.5. The summed E-state index contributed by atoms with van der Waals surface area (Å²) >= 11 is 0. The Bertz CT molecular complexity index is 909. The van der Waals surface area contributed by atoms with Gasteiger partial charge < -0.3 is 9.80 Å². The number of amides is 1. The number of fused-ring (bicyclic) bond motifs is 1. The Kier molecular flexibility index (Phi) is 3.97. The van der Waals surface area contributed by atoms with E-state index in [1.807, 2.05) is 17.0 Å². The van der Waals surface area contributed by atoms with Crippen molar-refractivity contribution >= 4 is 22.8 Å². The van der Waals surface area contributed by atoms with Gasteiger partial charge in [-0.2, -0.15) is 0 Å². The molecule has 0 unspecified atom stereocenters. The summed E-state index contributed by atoms with van der Waals surface area (Å²) in [4.78, 5) is 29.0. The maximum atomic E-state index is 13.0. The second-order valence-corrected chi connectivity index (χ2v) is 5.94. The van der Waals surface area contributed by atoms with Crippen molar-refractivity contribution in [1.29, 1.82) is 0 Å². The summed E-state index contributed by atoms with van der Waals surface area (Å²) in [5.74, 6) is 0.475. The van der Waals surface area contributed by atoms with E-state index in [2.05, 4.69) is 15.0 Å². The quantitative estimate of drug-likeness (QED) is 0.732. The van der Waals surface area contributed by atoms with Gasteiger partial charge in [0.2, 0.25) is 5.91 Å². The van der Waals surface area contributed by atoms with Gasteiger partial charge in [-0.15, -0.1) is 0 Å². The van der Waals surface area contributed by atoms with Gasteiger partial charge in [-0.1, -0.05) is 12.1 Å². The zero-order chi connectivity index (χ0) is 17.2. The van der Waals surface area contributed by atoms with Crippen LogP contribution in [0.25, 0.3) is 11.0 Å². The summed E-state index contributed by atoms with van der Waals surface area (Å²) in [6.45, 7) is 2.00. The average molecular weight is 337 g/mol. The number of carbonyl (C=O) groups is 1. The molecule has 6 nitrogen and oxygen atoms in total. The van der Waals surface area contributed by atoms with E-state index in [-0.39, 0.29) is 18.3 Å². The van der Waals surface area contributed by atoms with Crippen molar-refractivity contribution in [3.8, 4) is 0 Å². The maximum absolute atomic E-state index is 13.0. The Labute approximate surface area is 143 Å². The van der Waals surface area contributed by atoms with Crippen LogP contribution in [0.5, 0.6) is 0 Å². The molecule has 1 saturated heterocycles. The van der Waals surface area contributed by atoms with Gasteiger partial charge in [0.05, 0.1) is 11.9 Å². The number of anilines is 1. The topological polar surface area (TPSA) is 62.2 Å². The second-order valence-electron chi connectivity index (χ2n) is 5.94. The van der Waals surface area contributed by atoms with Gasteiger partial charge in [-0.25, -0.2) is 19.3 Å². The number of benzene rings is 1. The number of hydrogen-bond donors (Lipinski definition) is 0. The van der Waals surface area contributed by atoms with E-state index < -0.39 is 0 Å². The predicted molar refractivity (Wildman–Crippen MR) is 91.4 cm³/mol. The molecule has 0 N–H and O–H groups in total. The molecule has 3 aromatic rings. The summed E-state index contributed by atoms with van der Waals surface area (Å²) in [5.41, 5.74) is 1.54. The smallest absolute Gasteiger partial charge is 0.242 e. The highest BCUT2D eigenvalue weighted by Crippen LogP contribution is 2.23. The third-order valence-electron chi connectivity index (χ3n) is 4.29. The van der Waals surface area contributed by atoms with Gasteiger partial charge in [0.25, 0.3) is 0 Å². The first-order valence-corrected chi connectivity index (χ1v) is 8.03. The monoisotopic (exact) mass is 337 g/mol. The van der Waals surface area contributed by atoms with Gasteiger partial charge in [-0.05, 0) is 29.8 Å². The van der Waals surface area contributed by atoms with Gasteiger partial charge in [0.15, 0.2) is 5.65 Å². The van der Waals surface area contributed by atoms with E-state index in [4.69, 9.17) is 0 Å². The number of pyridine rings is 1. The van der Waals surface area contributed by atoms with Crippen LogP contribution in [0.15, 0.2) is 48.9 Å².